The van der Waals surface area contributed by atoms with Gasteiger partial charge in [0.1, 0.15) is 4.34 Å². The number of carbonyl (C=O) groups is 1. The van der Waals surface area contributed by atoms with Crippen molar-refractivity contribution in [2.75, 3.05) is 0 Å². The van der Waals surface area contributed by atoms with Crippen molar-refractivity contribution in [2.45, 2.75) is 23.4 Å². The standard InChI is InChI=1S/C7H8ClNO2S2/c1-3(2)12-7-9-4(6(10)11)5(8)13-7/h3H,1-2H3,(H,10,11). The maximum atomic E-state index is 10.6. The molecule has 0 aliphatic rings. The van der Waals surface area contributed by atoms with Crippen LogP contribution in [0.3, 0.4) is 0 Å². The highest BCUT2D eigenvalue weighted by Gasteiger charge is 2.16. The molecule has 0 saturated heterocycles. The molecule has 0 radical (unpaired) electrons. The van der Waals surface area contributed by atoms with Crippen molar-refractivity contribution < 1.29 is 9.90 Å². The average molecular weight is 238 g/mol. The molecular weight excluding hydrogens is 230 g/mol. The van der Waals surface area contributed by atoms with Crippen LogP contribution in [-0.2, 0) is 0 Å². The van der Waals surface area contributed by atoms with Gasteiger partial charge in [-0.2, -0.15) is 0 Å². The molecule has 0 amide bonds. The first-order chi connectivity index (χ1) is 6.00. The Morgan fingerprint density at radius 1 is 1.69 bits per heavy atom. The summed E-state index contributed by atoms with van der Waals surface area (Å²) in [6.45, 7) is 4.03. The predicted octanol–water partition coefficient (Wildman–Crippen LogP) is 3.00. The second-order valence-corrected chi connectivity index (χ2v) is 6.00. The molecule has 13 heavy (non-hydrogen) atoms. The molecule has 72 valence electrons. The Balaban J connectivity index is 2.89. The largest absolute Gasteiger partial charge is 0.476 e. The molecule has 1 N–H and O–H groups in total. The van der Waals surface area contributed by atoms with Crippen LogP contribution < -0.4 is 0 Å². The second kappa shape index (κ2) is 4.30. The summed E-state index contributed by atoms with van der Waals surface area (Å²) in [5.74, 6) is -1.07. The predicted molar refractivity (Wildman–Crippen MR) is 55.1 cm³/mol. The third kappa shape index (κ3) is 2.86. The van der Waals surface area contributed by atoms with Crippen LogP contribution in [0, 0.1) is 0 Å². The van der Waals surface area contributed by atoms with E-state index >= 15 is 0 Å². The fraction of sp³-hybridized carbons (Fsp3) is 0.429. The van der Waals surface area contributed by atoms with E-state index in [0.717, 1.165) is 0 Å². The van der Waals surface area contributed by atoms with Gasteiger partial charge in [0.05, 0.1) is 0 Å². The van der Waals surface area contributed by atoms with Gasteiger partial charge in [0.25, 0.3) is 0 Å². The zero-order valence-electron chi connectivity index (χ0n) is 7.07. The normalized spacial score (nSPS) is 10.8. The maximum Gasteiger partial charge on any atom is 0.357 e. The molecule has 0 saturated carbocycles. The Bertz CT molecular complexity index is 324. The lowest BCUT2D eigenvalue weighted by molar-refractivity contribution is 0.0691. The SMILES string of the molecule is CC(C)Sc1nc(C(=O)O)c(Cl)s1. The molecule has 0 fully saturated rings. The first kappa shape index (κ1) is 10.8. The lowest BCUT2D eigenvalue weighted by Gasteiger charge is -1.97. The van der Waals surface area contributed by atoms with Gasteiger partial charge < -0.3 is 5.11 Å². The van der Waals surface area contributed by atoms with Crippen molar-refractivity contribution in [3.63, 3.8) is 0 Å². The van der Waals surface area contributed by atoms with E-state index in [9.17, 15) is 4.79 Å². The van der Waals surface area contributed by atoms with Crippen LogP contribution in [0.4, 0.5) is 0 Å². The minimum Gasteiger partial charge on any atom is -0.476 e. The number of carboxylic acid groups (broad SMARTS) is 1. The number of aromatic carboxylic acids is 1. The zero-order valence-corrected chi connectivity index (χ0v) is 9.46. The number of rotatable bonds is 3. The molecular formula is C7H8ClNO2S2. The van der Waals surface area contributed by atoms with Gasteiger partial charge in [-0.3, -0.25) is 0 Å². The maximum absolute atomic E-state index is 10.6. The van der Waals surface area contributed by atoms with Gasteiger partial charge in [0.2, 0.25) is 0 Å². The highest BCUT2D eigenvalue weighted by atomic mass is 35.5. The summed E-state index contributed by atoms with van der Waals surface area (Å²) >= 11 is 8.40. The molecule has 1 rings (SSSR count). The van der Waals surface area contributed by atoms with Crippen molar-refractivity contribution in [3.8, 4) is 0 Å². The van der Waals surface area contributed by atoms with Crippen LogP contribution in [0.5, 0.6) is 0 Å². The molecule has 0 aromatic carbocycles. The Hall–Kier alpha value is -0.260. The van der Waals surface area contributed by atoms with Gasteiger partial charge in [-0.25, -0.2) is 9.78 Å². The van der Waals surface area contributed by atoms with Gasteiger partial charge in [-0.1, -0.05) is 48.5 Å². The minimum absolute atomic E-state index is 0.0465. The van der Waals surface area contributed by atoms with Crippen LogP contribution in [-0.4, -0.2) is 21.3 Å². The number of thiazole rings is 1. The molecule has 0 bridgehead atoms. The van der Waals surface area contributed by atoms with E-state index in [2.05, 4.69) is 4.98 Å². The summed E-state index contributed by atoms with van der Waals surface area (Å²) in [5.41, 5.74) is -0.0465. The van der Waals surface area contributed by atoms with Gasteiger partial charge in [0.15, 0.2) is 10.0 Å². The number of hydrogen-bond acceptors (Lipinski definition) is 4. The molecule has 3 nitrogen and oxygen atoms in total. The van der Waals surface area contributed by atoms with Crippen molar-refractivity contribution in [2.24, 2.45) is 0 Å². The highest BCUT2D eigenvalue weighted by Crippen LogP contribution is 2.33. The fourth-order valence-corrected chi connectivity index (χ4v) is 3.23. The third-order valence-corrected chi connectivity index (χ3v) is 3.46. The van der Waals surface area contributed by atoms with Crippen molar-refractivity contribution in [1.29, 1.82) is 0 Å². The molecule has 6 heteroatoms. The first-order valence-corrected chi connectivity index (χ1v) is 5.64. The van der Waals surface area contributed by atoms with Crippen molar-refractivity contribution in [3.05, 3.63) is 10.0 Å². The quantitative estimate of drug-likeness (QED) is 0.822. The topological polar surface area (TPSA) is 50.2 Å². The summed E-state index contributed by atoms with van der Waals surface area (Å²) in [6, 6.07) is 0. The molecule has 0 aliphatic heterocycles. The fourth-order valence-electron chi connectivity index (χ4n) is 0.667. The van der Waals surface area contributed by atoms with Gasteiger partial charge in [-0.15, -0.1) is 0 Å². The summed E-state index contributed by atoms with van der Waals surface area (Å²) in [6.07, 6.45) is 0. The zero-order chi connectivity index (χ0) is 10.0. The number of nitrogens with zero attached hydrogens (tertiary/aromatic N) is 1. The molecule has 0 spiro atoms. The number of carboxylic acids is 1. The lowest BCUT2D eigenvalue weighted by atomic mass is 10.5. The lowest BCUT2D eigenvalue weighted by Crippen LogP contribution is -1.97. The molecule has 0 unspecified atom stereocenters. The van der Waals surface area contributed by atoms with Gasteiger partial charge in [0, 0.05) is 5.25 Å². The van der Waals surface area contributed by atoms with E-state index in [0.29, 0.717) is 9.59 Å². The minimum atomic E-state index is -1.07. The Labute approximate surface area is 89.1 Å². The summed E-state index contributed by atoms with van der Waals surface area (Å²) in [7, 11) is 0. The highest BCUT2D eigenvalue weighted by molar-refractivity contribution is 8.01. The molecule has 1 aromatic heterocycles. The second-order valence-electron chi connectivity index (χ2n) is 2.57. The first-order valence-electron chi connectivity index (χ1n) is 3.57. The smallest absolute Gasteiger partial charge is 0.357 e. The van der Waals surface area contributed by atoms with Crippen molar-refractivity contribution >= 4 is 40.7 Å². The van der Waals surface area contributed by atoms with E-state index in [-0.39, 0.29) is 10.0 Å². The van der Waals surface area contributed by atoms with Crippen LogP contribution in [0.1, 0.15) is 24.3 Å². The van der Waals surface area contributed by atoms with E-state index in [1.807, 2.05) is 13.8 Å². The number of hydrogen-bond donors (Lipinski definition) is 1. The monoisotopic (exact) mass is 237 g/mol. The Kier molecular flexibility index (Phi) is 3.58. The Morgan fingerprint density at radius 3 is 2.69 bits per heavy atom. The molecule has 0 atom stereocenters. The van der Waals surface area contributed by atoms with Crippen molar-refractivity contribution in [1.82, 2.24) is 4.98 Å². The molecule has 1 aromatic rings. The van der Waals surface area contributed by atoms with E-state index in [1.54, 1.807) is 0 Å². The van der Waals surface area contributed by atoms with Crippen LogP contribution in [0.2, 0.25) is 4.34 Å². The van der Waals surface area contributed by atoms with Crippen LogP contribution in [0.25, 0.3) is 0 Å². The van der Waals surface area contributed by atoms with Gasteiger partial charge in [-0.05, 0) is 0 Å². The van der Waals surface area contributed by atoms with E-state index < -0.39 is 5.97 Å². The Morgan fingerprint density at radius 2 is 2.31 bits per heavy atom. The molecule has 1 heterocycles. The van der Waals surface area contributed by atoms with Crippen LogP contribution in [0.15, 0.2) is 4.34 Å². The summed E-state index contributed by atoms with van der Waals surface area (Å²) in [4.78, 5) is 14.5. The van der Waals surface area contributed by atoms with Crippen LogP contribution >= 0.6 is 34.7 Å². The third-order valence-electron chi connectivity index (χ3n) is 1.11. The van der Waals surface area contributed by atoms with E-state index in [4.69, 9.17) is 16.7 Å². The number of aromatic nitrogens is 1. The summed E-state index contributed by atoms with van der Waals surface area (Å²) in [5, 5.41) is 9.04. The average Bonchev–Trinajstić information content (AvgIpc) is 2.29. The number of halogens is 1. The van der Waals surface area contributed by atoms with Gasteiger partial charge >= 0.3 is 5.97 Å². The van der Waals surface area contributed by atoms with E-state index in [1.165, 1.54) is 23.1 Å². The number of thioether (sulfide) groups is 1. The molecule has 0 aliphatic carbocycles. The summed E-state index contributed by atoms with van der Waals surface area (Å²) < 4.78 is 0.952.